The lowest BCUT2D eigenvalue weighted by Crippen LogP contribution is -2.31. The summed E-state index contributed by atoms with van der Waals surface area (Å²) in [7, 11) is 0. The largest absolute Gasteiger partial charge is 0.424 e. The first-order valence-electron chi connectivity index (χ1n) is 7.17. The summed E-state index contributed by atoms with van der Waals surface area (Å²) in [4.78, 5) is 7.12. The maximum Gasteiger partial charge on any atom is 0.295 e. The molecule has 4 heteroatoms. The molecule has 2 aliphatic rings. The maximum atomic E-state index is 5.74. The zero-order valence-electron chi connectivity index (χ0n) is 11.2. The van der Waals surface area contributed by atoms with Crippen LogP contribution in [0.1, 0.15) is 26.2 Å². The van der Waals surface area contributed by atoms with Crippen molar-refractivity contribution in [3.63, 3.8) is 0 Å². The normalized spacial score (nSPS) is 28.1. The van der Waals surface area contributed by atoms with E-state index in [2.05, 4.69) is 22.1 Å². The van der Waals surface area contributed by atoms with E-state index in [1.54, 1.807) is 0 Å². The summed E-state index contributed by atoms with van der Waals surface area (Å²) in [6, 6.07) is 10.5. The fourth-order valence-electron chi connectivity index (χ4n) is 3.18. The van der Waals surface area contributed by atoms with E-state index in [1.165, 1.54) is 19.3 Å². The van der Waals surface area contributed by atoms with Crippen LogP contribution in [-0.4, -0.2) is 34.6 Å². The van der Waals surface area contributed by atoms with E-state index < -0.39 is 0 Å². The molecule has 2 fully saturated rings. The molecule has 4 nitrogen and oxygen atoms in total. The quantitative estimate of drug-likeness (QED) is 0.918. The fraction of sp³-hybridized carbons (Fsp3) is 0.533. The molecule has 0 spiro atoms. The van der Waals surface area contributed by atoms with Gasteiger partial charge in [0.1, 0.15) is 5.52 Å². The van der Waals surface area contributed by atoms with Gasteiger partial charge < -0.3 is 9.73 Å². The number of likely N-dealkylation sites (tertiary alicyclic amines) is 1. The standard InChI is InChI=1S/C15H19N3O/c1-10-8-11(9-18(10)12-6-7-12)16-15-17-13-4-2-3-5-14(13)19-15/h2-5,10-12H,6-9H2,1H3,(H,16,17). The third kappa shape index (κ3) is 2.10. The van der Waals surface area contributed by atoms with Crippen molar-refractivity contribution in [2.24, 2.45) is 0 Å². The van der Waals surface area contributed by atoms with Crippen molar-refractivity contribution in [1.29, 1.82) is 0 Å². The molecule has 1 saturated heterocycles. The lowest BCUT2D eigenvalue weighted by atomic mass is 10.2. The molecule has 2 heterocycles. The molecule has 2 atom stereocenters. The highest BCUT2D eigenvalue weighted by Gasteiger charge is 2.39. The Morgan fingerprint density at radius 3 is 2.95 bits per heavy atom. The molecular weight excluding hydrogens is 238 g/mol. The Labute approximate surface area is 112 Å². The first-order chi connectivity index (χ1) is 9.29. The van der Waals surface area contributed by atoms with Gasteiger partial charge in [-0.05, 0) is 38.3 Å². The van der Waals surface area contributed by atoms with Crippen LogP contribution in [-0.2, 0) is 0 Å². The first-order valence-corrected chi connectivity index (χ1v) is 7.17. The van der Waals surface area contributed by atoms with E-state index in [0.29, 0.717) is 18.1 Å². The lowest BCUT2D eigenvalue weighted by Gasteiger charge is -2.19. The highest BCUT2D eigenvalue weighted by Crippen LogP contribution is 2.34. The molecule has 1 aromatic carbocycles. The summed E-state index contributed by atoms with van der Waals surface area (Å²) in [5.41, 5.74) is 1.78. The molecule has 4 rings (SSSR count). The Bertz CT molecular complexity index is 557. The van der Waals surface area contributed by atoms with E-state index in [4.69, 9.17) is 4.42 Å². The zero-order chi connectivity index (χ0) is 12.8. The predicted molar refractivity (Wildman–Crippen MR) is 75.2 cm³/mol. The van der Waals surface area contributed by atoms with E-state index in [1.807, 2.05) is 24.3 Å². The third-order valence-corrected chi connectivity index (χ3v) is 4.26. The summed E-state index contributed by atoms with van der Waals surface area (Å²) in [6.45, 7) is 3.44. The van der Waals surface area contributed by atoms with Crippen LogP contribution in [0, 0.1) is 0 Å². The van der Waals surface area contributed by atoms with Crippen LogP contribution < -0.4 is 5.32 Å². The average molecular weight is 257 g/mol. The number of nitrogens with zero attached hydrogens (tertiary/aromatic N) is 2. The SMILES string of the molecule is CC1CC(Nc2nc3ccccc3o2)CN1C1CC1. The number of rotatable bonds is 3. The molecule has 1 aliphatic heterocycles. The van der Waals surface area contributed by atoms with Crippen molar-refractivity contribution in [3.8, 4) is 0 Å². The number of oxazole rings is 1. The van der Waals surface area contributed by atoms with Crippen LogP contribution >= 0.6 is 0 Å². The molecule has 0 amide bonds. The van der Waals surface area contributed by atoms with Gasteiger partial charge in [0.15, 0.2) is 5.58 Å². The molecule has 19 heavy (non-hydrogen) atoms. The Hall–Kier alpha value is -1.55. The molecule has 1 aromatic heterocycles. The van der Waals surface area contributed by atoms with Crippen molar-refractivity contribution in [2.75, 3.05) is 11.9 Å². The Balaban J connectivity index is 1.49. The van der Waals surface area contributed by atoms with Gasteiger partial charge in [-0.25, -0.2) is 0 Å². The van der Waals surface area contributed by atoms with E-state index in [-0.39, 0.29) is 0 Å². The van der Waals surface area contributed by atoms with Crippen LogP contribution in [0.5, 0.6) is 0 Å². The second-order valence-electron chi connectivity index (χ2n) is 5.84. The van der Waals surface area contributed by atoms with Crippen molar-refractivity contribution in [2.45, 2.75) is 44.3 Å². The molecule has 1 saturated carbocycles. The topological polar surface area (TPSA) is 41.3 Å². The summed E-state index contributed by atoms with van der Waals surface area (Å²) in [5.74, 6) is 0. The summed E-state index contributed by atoms with van der Waals surface area (Å²) < 4.78 is 5.74. The van der Waals surface area contributed by atoms with Gasteiger partial charge in [0.2, 0.25) is 0 Å². The third-order valence-electron chi connectivity index (χ3n) is 4.26. The van der Waals surface area contributed by atoms with Crippen molar-refractivity contribution in [1.82, 2.24) is 9.88 Å². The Kier molecular flexibility index (Phi) is 2.52. The smallest absolute Gasteiger partial charge is 0.295 e. The second-order valence-corrected chi connectivity index (χ2v) is 5.84. The number of anilines is 1. The highest BCUT2D eigenvalue weighted by atomic mass is 16.4. The fourth-order valence-corrected chi connectivity index (χ4v) is 3.18. The average Bonchev–Trinajstić information content (AvgIpc) is 3.06. The number of benzene rings is 1. The van der Waals surface area contributed by atoms with Gasteiger partial charge >= 0.3 is 0 Å². The Morgan fingerprint density at radius 2 is 2.16 bits per heavy atom. The van der Waals surface area contributed by atoms with Crippen LogP contribution in [0.25, 0.3) is 11.1 Å². The van der Waals surface area contributed by atoms with Gasteiger partial charge in [0.25, 0.3) is 6.01 Å². The monoisotopic (exact) mass is 257 g/mol. The van der Waals surface area contributed by atoms with Gasteiger partial charge in [-0.2, -0.15) is 4.98 Å². The van der Waals surface area contributed by atoms with Gasteiger partial charge in [-0.15, -0.1) is 0 Å². The van der Waals surface area contributed by atoms with Crippen LogP contribution in [0.2, 0.25) is 0 Å². The van der Waals surface area contributed by atoms with Crippen LogP contribution in [0.15, 0.2) is 28.7 Å². The molecular formula is C15H19N3O. The van der Waals surface area contributed by atoms with E-state index in [0.717, 1.165) is 23.7 Å². The minimum absolute atomic E-state index is 0.462. The van der Waals surface area contributed by atoms with E-state index in [9.17, 15) is 0 Å². The molecule has 2 aromatic rings. The molecule has 2 unspecified atom stereocenters. The van der Waals surface area contributed by atoms with Gasteiger partial charge in [0.05, 0.1) is 0 Å². The first kappa shape index (κ1) is 11.3. The van der Waals surface area contributed by atoms with Crippen molar-refractivity contribution in [3.05, 3.63) is 24.3 Å². The van der Waals surface area contributed by atoms with Gasteiger partial charge in [-0.1, -0.05) is 12.1 Å². The molecule has 0 bridgehead atoms. The lowest BCUT2D eigenvalue weighted by molar-refractivity contribution is 0.257. The molecule has 100 valence electrons. The van der Waals surface area contributed by atoms with Crippen LogP contribution in [0.3, 0.4) is 0 Å². The number of hydrogen-bond acceptors (Lipinski definition) is 4. The summed E-state index contributed by atoms with van der Waals surface area (Å²) in [6.07, 6.45) is 3.93. The Morgan fingerprint density at radius 1 is 1.32 bits per heavy atom. The van der Waals surface area contributed by atoms with Gasteiger partial charge in [0, 0.05) is 24.7 Å². The molecule has 1 N–H and O–H groups in total. The van der Waals surface area contributed by atoms with Crippen molar-refractivity contribution >= 4 is 17.1 Å². The number of para-hydroxylation sites is 2. The number of nitrogens with one attached hydrogen (secondary N) is 1. The summed E-state index contributed by atoms with van der Waals surface area (Å²) in [5, 5.41) is 3.45. The molecule has 1 aliphatic carbocycles. The van der Waals surface area contributed by atoms with Crippen LogP contribution in [0.4, 0.5) is 6.01 Å². The van der Waals surface area contributed by atoms with Gasteiger partial charge in [-0.3, -0.25) is 4.90 Å². The molecule has 0 radical (unpaired) electrons. The second kappa shape index (κ2) is 4.23. The predicted octanol–water partition coefficient (Wildman–Crippen LogP) is 2.86. The van der Waals surface area contributed by atoms with E-state index >= 15 is 0 Å². The minimum atomic E-state index is 0.462. The zero-order valence-corrected chi connectivity index (χ0v) is 11.2. The highest BCUT2D eigenvalue weighted by molar-refractivity contribution is 5.74. The number of hydrogen-bond donors (Lipinski definition) is 1. The number of aromatic nitrogens is 1. The summed E-state index contributed by atoms with van der Waals surface area (Å²) >= 11 is 0. The maximum absolute atomic E-state index is 5.74. The minimum Gasteiger partial charge on any atom is -0.424 e. The number of fused-ring (bicyclic) bond motifs is 1. The van der Waals surface area contributed by atoms with Crippen molar-refractivity contribution < 1.29 is 4.42 Å².